The summed E-state index contributed by atoms with van der Waals surface area (Å²) < 4.78 is 0. The first-order chi connectivity index (χ1) is 8.59. The molecular weight excluding hydrogens is 232 g/mol. The molecule has 0 aliphatic heterocycles. The maximum Gasteiger partial charge on any atom is 0.201 e. The van der Waals surface area contributed by atoms with Gasteiger partial charge in [0.05, 0.1) is 5.39 Å². The second kappa shape index (κ2) is 3.43. The highest BCUT2D eigenvalue weighted by atomic mass is 16.3. The lowest BCUT2D eigenvalue weighted by molar-refractivity contribution is 0.370. The Morgan fingerprint density at radius 2 is 1.39 bits per heavy atom. The van der Waals surface area contributed by atoms with Gasteiger partial charge in [0.15, 0.2) is 11.5 Å². The number of phenolic OH excluding ortho intramolecular Hbond substituents is 4. The molecule has 3 rings (SSSR count). The maximum absolute atomic E-state index is 10.2. The Bertz CT molecular complexity index is 778. The molecule has 0 atom stereocenters. The third kappa shape index (κ3) is 1.26. The summed E-state index contributed by atoms with van der Waals surface area (Å²) in [6, 6.07) is 10.2. The molecule has 0 radical (unpaired) electrons. The van der Waals surface area contributed by atoms with Crippen molar-refractivity contribution in [2.24, 2.45) is 0 Å². The maximum atomic E-state index is 10.2. The molecule has 0 amide bonds. The predicted octanol–water partition coefficient (Wildman–Crippen LogP) is 2.82. The highest BCUT2D eigenvalue weighted by Crippen LogP contribution is 2.46. The molecule has 3 aromatic carbocycles. The van der Waals surface area contributed by atoms with Gasteiger partial charge in [-0.1, -0.05) is 24.3 Å². The third-order valence-corrected chi connectivity index (χ3v) is 3.05. The molecule has 4 nitrogen and oxygen atoms in total. The molecule has 0 fully saturated rings. The highest BCUT2D eigenvalue weighted by Gasteiger charge is 2.16. The fraction of sp³-hybridized carbons (Fsp3) is 0. The van der Waals surface area contributed by atoms with Crippen LogP contribution in [0.3, 0.4) is 0 Å². The first kappa shape index (κ1) is 10.5. The van der Waals surface area contributed by atoms with Crippen molar-refractivity contribution < 1.29 is 20.4 Å². The molecule has 4 N–H and O–H groups in total. The zero-order valence-electron chi connectivity index (χ0n) is 9.25. The Morgan fingerprint density at radius 1 is 0.667 bits per heavy atom. The molecule has 0 saturated heterocycles. The van der Waals surface area contributed by atoms with E-state index in [1.807, 2.05) is 12.1 Å². The second-order valence-corrected chi connectivity index (χ2v) is 4.14. The van der Waals surface area contributed by atoms with Crippen LogP contribution in [0.25, 0.3) is 21.5 Å². The minimum absolute atomic E-state index is 0.115. The Morgan fingerprint density at radius 3 is 2.17 bits per heavy atom. The lowest BCUT2D eigenvalue weighted by atomic mass is 10.0. The Hall–Kier alpha value is -2.62. The van der Waals surface area contributed by atoms with Crippen LogP contribution in [0.15, 0.2) is 36.4 Å². The monoisotopic (exact) mass is 242 g/mol. The summed E-state index contributed by atoms with van der Waals surface area (Å²) in [5.74, 6) is -1.69. The minimum Gasteiger partial charge on any atom is -0.507 e. The Kier molecular flexibility index (Phi) is 2.01. The lowest BCUT2D eigenvalue weighted by Crippen LogP contribution is -1.81. The number of phenols is 4. The summed E-state index contributed by atoms with van der Waals surface area (Å²) in [5.41, 5.74) is 0. The Balaban J connectivity index is 2.61. The average molecular weight is 242 g/mol. The number of hydrogen-bond acceptors (Lipinski definition) is 4. The molecule has 3 aromatic rings. The Labute approximate surface area is 102 Å². The molecule has 0 aliphatic rings. The number of benzene rings is 3. The SMILES string of the molecule is Oc1cc2cc3ccccc3c(O)c2c(O)c1O. The molecule has 18 heavy (non-hydrogen) atoms. The average Bonchev–Trinajstić information content (AvgIpc) is 2.36. The fourth-order valence-corrected chi connectivity index (χ4v) is 2.17. The van der Waals surface area contributed by atoms with Crippen LogP contribution in [-0.2, 0) is 0 Å². The van der Waals surface area contributed by atoms with Crippen LogP contribution >= 0.6 is 0 Å². The molecule has 0 saturated carbocycles. The highest BCUT2D eigenvalue weighted by molar-refractivity contribution is 6.08. The van der Waals surface area contributed by atoms with E-state index in [9.17, 15) is 20.4 Å². The van der Waals surface area contributed by atoms with E-state index in [-0.39, 0.29) is 11.1 Å². The molecule has 0 heterocycles. The van der Waals surface area contributed by atoms with E-state index < -0.39 is 17.2 Å². The summed E-state index contributed by atoms with van der Waals surface area (Å²) in [7, 11) is 0. The molecule has 0 spiro atoms. The van der Waals surface area contributed by atoms with Gasteiger partial charge in [0.2, 0.25) is 5.75 Å². The molecular formula is C14H10O4. The van der Waals surface area contributed by atoms with Crippen molar-refractivity contribution in [1.29, 1.82) is 0 Å². The predicted molar refractivity (Wildman–Crippen MR) is 68.1 cm³/mol. The zero-order valence-corrected chi connectivity index (χ0v) is 9.25. The molecule has 0 unspecified atom stereocenters. The molecule has 90 valence electrons. The van der Waals surface area contributed by atoms with Crippen molar-refractivity contribution in [2.45, 2.75) is 0 Å². The van der Waals surface area contributed by atoms with Gasteiger partial charge in [-0.3, -0.25) is 0 Å². The van der Waals surface area contributed by atoms with Gasteiger partial charge in [0.1, 0.15) is 5.75 Å². The van der Waals surface area contributed by atoms with E-state index in [4.69, 9.17) is 0 Å². The molecule has 4 heteroatoms. The van der Waals surface area contributed by atoms with Crippen LogP contribution in [0.2, 0.25) is 0 Å². The van der Waals surface area contributed by atoms with E-state index in [2.05, 4.69) is 0 Å². The summed E-state index contributed by atoms with van der Waals surface area (Å²) in [5, 5.41) is 40.9. The smallest absolute Gasteiger partial charge is 0.201 e. The van der Waals surface area contributed by atoms with Gasteiger partial charge in [0, 0.05) is 5.39 Å². The van der Waals surface area contributed by atoms with Crippen LogP contribution in [0.5, 0.6) is 23.0 Å². The first-order valence-corrected chi connectivity index (χ1v) is 5.38. The third-order valence-electron chi connectivity index (χ3n) is 3.05. The van der Waals surface area contributed by atoms with Gasteiger partial charge >= 0.3 is 0 Å². The van der Waals surface area contributed by atoms with Gasteiger partial charge in [-0.05, 0) is 22.9 Å². The summed E-state index contributed by atoms with van der Waals surface area (Å²) in [4.78, 5) is 0. The first-order valence-electron chi connectivity index (χ1n) is 5.38. The van der Waals surface area contributed by atoms with Crippen molar-refractivity contribution >= 4 is 21.5 Å². The number of aromatic hydroxyl groups is 4. The number of rotatable bonds is 0. The van der Waals surface area contributed by atoms with Gasteiger partial charge in [-0.25, -0.2) is 0 Å². The minimum atomic E-state index is -0.631. The fourth-order valence-electron chi connectivity index (χ4n) is 2.17. The normalized spacial score (nSPS) is 11.1. The van der Waals surface area contributed by atoms with E-state index in [1.165, 1.54) is 6.07 Å². The molecule has 0 aliphatic carbocycles. The molecule has 0 bridgehead atoms. The van der Waals surface area contributed by atoms with Crippen LogP contribution < -0.4 is 0 Å². The van der Waals surface area contributed by atoms with E-state index in [1.54, 1.807) is 18.2 Å². The van der Waals surface area contributed by atoms with Crippen LogP contribution in [0.1, 0.15) is 0 Å². The summed E-state index contributed by atoms with van der Waals surface area (Å²) in [6.07, 6.45) is 0. The van der Waals surface area contributed by atoms with Gasteiger partial charge in [-0.15, -0.1) is 0 Å². The van der Waals surface area contributed by atoms with E-state index in [0.29, 0.717) is 10.8 Å². The van der Waals surface area contributed by atoms with E-state index >= 15 is 0 Å². The largest absolute Gasteiger partial charge is 0.507 e. The zero-order chi connectivity index (χ0) is 12.9. The van der Waals surface area contributed by atoms with Gasteiger partial charge in [-0.2, -0.15) is 0 Å². The van der Waals surface area contributed by atoms with Crippen LogP contribution in [-0.4, -0.2) is 20.4 Å². The van der Waals surface area contributed by atoms with Crippen molar-refractivity contribution in [3.8, 4) is 23.0 Å². The van der Waals surface area contributed by atoms with Gasteiger partial charge in [0.25, 0.3) is 0 Å². The standard InChI is InChI=1S/C14H10O4/c15-10-6-8-5-7-3-1-2-4-9(7)12(16)11(8)14(18)13(10)17/h1-6,15-18H. The second-order valence-electron chi connectivity index (χ2n) is 4.14. The summed E-state index contributed by atoms with van der Waals surface area (Å²) >= 11 is 0. The van der Waals surface area contributed by atoms with Crippen molar-refractivity contribution in [1.82, 2.24) is 0 Å². The van der Waals surface area contributed by atoms with Crippen LogP contribution in [0, 0.1) is 0 Å². The van der Waals surface area contributed by atoms with Crippen LogP contribution in [0.4, 0.5) is 0 Å². The van der Waals surface area contributed by atoms with Gasteiger partial charge < -0.3 is 20.4 Å². The lowest BCUT2D eigenvalue weighted by Gasteiger charge is -2.10. The van der Waals surface area contributed by atoms with Crippen molar-refractivity contribution in [3.05, 3.63) is 36.4 Å². The number of fused-ring (bicyclic) bond motifs is 2. The summed E-state index contributed by atoms with van der Waals surface area (Å²) in [6.45, 7) is 0. The van der Waals surface area contributed by atoms with Crippen molar-refractivity contribution in [2.75, 3.05) is 0 Å². The molecule has 0 aromatic heterocycles. The van der Waals surface area contributed by atoms with E-state index in [0.717, 1.165) is 5.39 Å². The van der Waals surface area contributed by atoms with Crippen molar-refractivity contribution in [3.63, 3.8) is 0 Å². The topological polar surface area (TPSA) is 80.9 Å². The number of hydrogen-bond donors (Lipinski definition) is 4. The quantitative estimate of drug-likeness (QED) is 0.361.